The number of aromatic amines is 1. The average molecular weight is 528 g/mol. The Bertz CT molecular complexity index is 1010. The van der Waals surface area contributed by atoms with Crippen LogP contribution in [0, 0.1) is 11.8 Å². The lowest BCUT2D eigenvalue weighted by Gasteiger charge is -2.43. The van der Waals surface area contributed by atoms with Gasteiger partial charge in [0.1, 0.15) is 0 Å². The molecule has 0 saturated carbocycles. The lowest BCUT2D eigenvalue weighted by molar-refractivity contribution is -0.137. The molecular formula is C23H35BrN2O5Si. The highest BCUT2D eigenvalue weighted by molar-refractivity contribution is 9.10. The summed E-state index contributed by atoms with van der Waals surface area (Å²) in [5, 5.41) is 0.0797. The first kappa shape index (κ1) is 26.5. The third-order valence-corrected chi connectivity index (χ3v) is 12.1. The van der Waals surface area contributed by atoms with Crippen molar-refractivity contribution in [1.29, 1.82) is 0 Å². The monoisotopic (exact) mass is 526 g/mol. The molecule has 0 amide bonds. The van der Waals surface area contributed by atoms with E-state index in [1.165, 1.54) is 16.8 Å². The Morgan fingerprint density at radius 2 is 2.03 bits per heavy atom. The molecule has 2 rings (SSSR count). The predicted octanol–water partition coefficient (Wildman–Crippen LogP) is 4.56. The van der Waals surface area contributed by atoms with Gasteiger partial charge in [-0.2, -0.15) is 0 Å². The summed E-state index contributed by atoms with van der Waals surface area (Å²) in [5.41, 5.74) is -0.00554. The van der Waals surface area contributed by atoms with Crippen LogP contribution < -0.4 is 11.2 Å². The second kappa shape index (κ2) is 10.5. The van der Waals surface area contributed by atoms with Gasteiger partial charge in [0.15, 0.2) is 8.32 Å². The van der Waals surface area contributed by atoms with E-state index in [4.69, 9.17) is 9.16 Å². The Labute approximate surface area is 199 Å². The van der Waals surface area contributed by atoms with E-state index < -0.39 is 25.5 Å². The SMILES string of the molecule is CCOC(=O)C=CC1=CC(n2cc(Br)c(=O)[nH]c2=O)CC1CO[Si](C)(C)C(C)(C)C(C)C. The molecule has 0 bridgehead atoms. The Hall–Kier alpha value is -1.71. The maximum absolute atomic E-state index is 12.4. The molecule has 1 aliphatic carbocycles. The smallest absolute Gasteiger partial charge is 0.330 e. The van der Waals surface area contributed by atoms with E-state index in [0.717, 1.165) is 5.57 Å². The fourth-order valence-corrected chi connectivity index (χ4v) is 6.36. The molecule has 0 spiro atoms. The van der Waals surface area contributed by atoms with E-state index in [-0.39, 0.29) is 17.0 Å². The molecule has 0 saturated heterocycles. The third-order valence-electron chi connectivity index (χ3n) is 7.00. The van der Waals surface area contributed by atoms with Crippen LogP contribution in [0.15, 0.2) is 44.1 Å². The standard InChI is InChI=1S/C23H35BrN2O5Si/c1-8-30-20(27)10-9-16-11-18(26-13-19(24)21(28)25-22(26)29)12-17(16)14-31-32(6,7)23(4,5)15(2)3/h9-11,13,15,17-18H,8,12,14H2,1-7H3,(H,25,28,29). The molecule has 2 atom stereocenters. The van der Waals surface area contributed by atoms with Crippen LogP contribution in [-0.2, 0) is 14.0 Å². The highest BCUT2D eigenvalue weighted by Crippen LogP contribution is 2.45. The van der Waals surface area contributed by atoms with Crippen molar-refractivity contribution < 1.29 is 14.0 Å². The van der Waals surface area contributed by atoms with Crippen LogP contribution in [-0.4, -0.2) is 37.1 Å². The number of ether oxygens (including phenoxy) is 1. The number of hydrogen-bond donors (Lipinski definition) is 1. The summed E-state index contributed by atoms with van der Waals surface area (Å²) in [6.45, 7) is 16.0. The summed E-state index contributed by atoms with van der Waals surface area (Å²) in [4.78, 5) is 38.3. The number of nitrogens with one attached hydrogen (secondary N) is 1. The zero-order valence-electron chi connectivity index (χ0n) is 20.0. The Morgan fingerprint density at radius 3 is 2.62 bits per heavy atom. The largest absolute Gasteiger partial charge is 0.463 e. The first-order valence-electron chi connectivity index (χ1n) is 11.0. The molecule has 1 aromatic heterocycles. The molecular weight excluding hydrogens is 492 g/mol. The van der Waals surface area contributed by atoms with Crippen LogP contribution in [0.3, 0.4) is 0 Å². The highest BCUT2D eigenvalue weighted by atomic mass is 79.9. The highest BCUT2D eigenvalue weighted by Gasteiger charge is 2.44. The van der Waals surface area contributed by atoms with Gasteiger partial charge < -0.3 is 9.16 Å². The number of hydrogen-bond acceptors (Lipinski definition) is 5. The van der Waals surface area contributed by atoms with Gasteiger partial charge in [0.2, 0.25) is 0 Å². The second-order valence-electron chi connectivity index (χ2n) is 9.59. The minimum Gasteiger partial charge on any atom is -0.463 e. The van der Waals surface area contributed by atoms with E-state index in [1.54, 1.807) is 13.0 Å². The number of esters is 1. The van der Waals surface area contributed by atoms with Gasteiger partial charge >= 0.3 is 11.7 Å². The van der Waals surface area contributed by atoms with Crippen LogP contribution in [0.25, 0.3) is 0 Å². The van der Waals surface area contributed by atoms with E-state index in [1.807, 2.05) is 6.08 Å². The molecule has 0 aromatic carbocycles. The maximum Gasteiger partial charge on any atom is 0.330 e. The Morgan fingerprint density at radius 1 is 1.38 bits per heavy atom. The summed E-state index contributed by atoms with van der Waals surface area (Å²) in [6, 6.07) is -0.256. The van der Waals surface area contributed by atoms with Gasteiger partial charge in [0.25, 0.3) is 5.56 Å². The summed E-state index contributed by atoms with van der Waals surface area (Å²) in [6.07, 6.45) is 7.27. The van der Waals surface area contributed by atoms with Crippen molar-refractivity contribution in [2.24, 2.45) is 11.8 Å². The van der Waals surface area contributed by atoms with Crippen molar-refractivity contribution in [2.45, 2.75) is 65.2 Å². The van der Waals surface area contributed by atoms with Crippen LogP contribution >= 0.6 is 15.9 Å². The molecule has 1 heterocycles. The second-order valence-corrected chi connectivity index (χ2v) is 15.0. The fraction of sp³-hybridized carbons (Fsp3) is 0.609. The molecule has 1 aromatic rings. The number of nitrogens with zero attached hydrogens (tertiary/aromatic N) is 1. The lowest BCUT2D eigenvalue weighted by Crippen LogP contribution is -2.46. The van der Waals surface area contributed by atoms with Gasteiger partial charge in [-0.1, -0.05) is 39.8 Å². The van der Waals surface area contributed by atoms with Gasteiger partial charge in [-0.3, -0.25) is 14.3 Å². The average Bonchev–Trinajstić information content (AvgIpc) is 3.10. The predicted molar refractivity (Wildman–Crippen MR) is 132 cm³/mol. The van der Waals surface area contributed by atoms with E-state index in [0.29, 0.717) is 30.0 Å². The molecule has 1 aliphatic rings. The van der Waals surface area contributed by atoms with E-state index in [9.17, 15) is 14.4 Å². The van der Waals surface area contributed by atoms with Crippen LogP contribution in [0.4, 0.5) is 0 Å². The van der Waals surface area contributed by atoms with Crippen molar-refractivity contribution in [3.8, 4) is 0 Å². The summed E-state index contributed by atoms with van der Waals surface area (Å²) < 4.78 is 13.4. The summed E-state index contributed by atoms with van der Waals surface area (Å²) in [5.74, 6) is 0.0884. The maximum atomic E-state index is 12.4. The van der Waals surface area contributed by atoms with Crippen molar-refractivity contribution in [3.05, 3.63) is 55.3 Å². The third kappa shape index (κ3) is 5.99. The zero-order valence-corrected chi connectivity index (χ0v) is 22.6. The van der Waals surface area contributed by atoms with Crippen molar-refractivity contribution in [1.82, 2.24) is 9.55 Å². The molecule has 178 valence electrons. The van der Waals surface area contributed by atoms with Crippen LogP contribution in [0.1, 0.15) is 47.1 Å². The number of carbonyl (C=O) groups is 1. The topological polar surface area (TPSA) is 90.4 Å². The minimum absolute atomic E-state index is 0.0121. The molecule has 0 radical (unpaired) electrons. The Balaban J connectivity index is 2.32. The number of allylic oxidation sites excluding steroid dienone is 2. The fourth-order valence-electron chi connectivity index (χ4n) is 3.66. The number of H-pyrrole nitrogens is 1. The van der Waals surface area contributed by atoms with Crippen LogP contribution in [0.5, 0.6) is 0 Å². The normalized spacial score (nSPS) is 19.6. The van der Waals surface area contributed by atoms with E-state index in [2.05, 4.69) is 61.7 Å². The number of rotatable bonds is 9. The molecule has 7 nitrogen and oxygen atoms in total. The van der Waals surface area contributed by atoms with Gasteiger partial charge in [-0.25, -0.2) is 9.59 Å². The summed E-state index contributed by atoms with van der Waals surface area (Å²) in [7, 11) is -2.04. The molecule has 0 fully saturated rings. The Kier molecular flexibility index (Phi) is 8.69. The van der Waals surface area contributed by atoms with Crippen LogP contribution in [0.2, 0.25) is 18.1 Å². The lowest BCUT2D eigenvalue weighted by atomic mass is 9.99. The van der Waals surface area contributed by atoms with Gasteiger partial charge in [0.05, 0.1) is 17.1 Å². The molecule has 0 aliphatic heterocycles. The van der Waals surface area contributed by atoms with Gasteiger partial charge in [-0.05, 0) is 58.9 Å². The van der Waals surface area contributed by atoms with Crippen molar-refractivity contribution in [3.63, 3.8) is 0 Å². The van der Waals surface area contributed by atoms with Crippen molar-refractivity contribution in [2.75, 3.05) is 13.2 Å². The minimum atomic E-state index is -2.04. The molecule has 9 heteroatoms. The zero-order chi connectivity index (χ0) is 24.3. The number of aromatic nitrogens is 2. The molecule has 2 unspecified atom stereocenters. The first-order valence-corrected chi connectivity index (χ1v) is 14.7. The van der Waals surface area contributed by atoms with E-state index >= 15 is 0 Å². The van der Waals surface area contributed by atoms with Crippen molar-refractivity contribution >= 4 is 30.2 Å². The van der Waals surface area contributed by atoms with Gasteiger partial charge in [-0.15, -0.1) is 0 Å². The number of halogens is 1. The summed E-state index contributed by atoms with van der Waals surface area (Å²) >= 11 is 3.20. The molecule has 32 heavy (non-hydrogen) atoms. The number of carbonyl (C=O) groups excluding carboxylic acids is 1. The first-order chi connectivity index (χ1) is 14.8. The van der Waals surface area contributed by atoms with Gasteiger partial charge in [0, 0.05) is 24.8 Å². The molecule has 1 N–H and O–H groups in total. The quantitative estimate of drug-likeness (QED) is 0.289.